The van der Waals surface area contributed by atoms with Gasteiger partial charge in [-0.3, -0.25) is 9.78 Å². The first-order valence-corrected chi connectivity index (χ1v) is 11.5. The Morgan fingerprint density at radius 1 is 0.853 bits per heavy atom. The van der Waals surface area contributed by atoms with E-state index in [2.05, 4.69) is 46.9 Å². The van der Waals surface area contributed by atoms with Gasteiger partial charge in [0.2, 0.25) is 0 Å². The van der Waals surface area contributed by atoms with Crippen molar-refractivity contribution in [1.82, 2.24) is 19.9 Å². The lowest BCUT2D eigenvalue weighted by Crippen LogP contribution is -2.49. The van der Waals surface area contributed by atoms with E-state index in [-0.39, 0.29) is 5.91 Å². The zero-order valence-corrected chi connectivity index (χ0v) is 19.5. The molecule has 5 rings (SSSR count). The van der Waals surface area contributed by atoms with Crippen molar-refractivity contribution in [3.8, 4) is 22.6 Å². The number of pyridine rings is 1. The van der Waals surface area contributed by atoms with E-state index in [0.717, 1.165) is 24.2 Å². The van der Waals surface area contributed by atoms with Crippen molar-refractivity contribution in [1.29, 1.82) is 0 Å². The van der Waals surface area contributed by atoms with E-state index in [4.69, 9.17) is 4.98 Å². The Labute approximate surface area is 199 Å². The monoisotopic (exact) mass is 449 g/mol. The number of nitrogens with zero attached hydrogens (tertiary/aromatic N) is 5. The smallest absolute Gasteiger partial charge is 0.257 e. The van der Waals surface area contributed by atoms with Crippen LogP contribution in [0, 0.1) is 13.8 Å². The molecule has 0 saturated carbocycles. The number of aromatic nitrogens is 3. The summed E-state index contributed by atoms with van der Waals surface area (Å²) >= 11 is 0. The van der Waals surface area contributed by atoms with Gasteiger partial charge < -0.3 is 9.80 Å². The fourth-order valence-corrected chi connectivity index (χ4v) is 4.38. The topological polar surface area (TPSA) is 62.2 Å². The average Bonchev–Trinajstić information content (AvgIpc) is 2.90. The molecule has 6 nitrogen and oxygen atoms in total. The highest BCUT2D eigenvalue weighted by Gasteiger charge is 2.26. The maximum atomic E-state index is 13.6. The van der Waals surface area contributed by atoms with Gasteiger partial charge in [0.05, 0.1) is 11.3 Å². The van der Waals surface area contributed by atoms with Crippen LogP contribution in [-0.4, -0.2) is 51.9 Å². The minimum atomic E-state index is -0.0271. The van der Waals surface area contributed by atoms with Crippen LogP contribution in [0.5, 0.6) is 0 Å². The minimum absolute atomic E-state index is 0.0271. The third-order valence-electron chi connectivity index (χ3n) is 6.28. The van der Waals surface area contributed by atoms with E-state index in [9.17, 15) is 4.79 Å². The van der Waals surface area contributed by atoms with Crippen LogP contribution in [0.1, 0.15) is 21.5 Å². The summed E-state index contributed by atoms with van der Waals surface area (Å²) in [6.45, 7) is 7.17. The molecule has 2 aromatic heterocycles. The second-order valence-electron chi connectivity index (χ2n) is 8.63. The first-order chi connectivity index (χ1) is 16.6. The fourth-order valence-electron chi connectivity index (χ4n) is 4.38. The maximum absolute atomic E-state index is 13.6. The molecule has 0 N–H and O–H groups in total. The third-order valence-corrected chi connectivity index (χ3v) is 6.28. The maximum Gasteiger partial charge on any atom is 0.257 e. The van der Waals surface area contributed by atoms with Crippen molar-refractivity contribution in [3.05, 3.63) is 95.9 Å². The Balaban J connectivity index is 1.42. The number of hydrogen-bond acceptors (Lipinski definition) is 5. The van der Waals surface area contributed by atoms with Gasteiger partial charge >= 0.3 is 0 Å². The molecule has 4 aromatic rings. The van der Waals surface area contributed by atoms with Crippen LogP contribution in [0.2, 0.25) is 0 Å². The van der Waals surface area contributed by atoms with Crippen molar-refractivity contribution >= 4 is 11.6 Å². The molecular weight excluding hydrogens is 422 g/mol. The lowest BCUT2D eigenvalue weighted by Gasteiger charge is -2.37. The van der Waals surface area contributed by atoms with Gasteiger partial charge in [0.25, 0.3) is 5.91 Å². The number of aryl methyl sites for hydroxylation is 2. The molecule has 2 aromatic carbocycles. The Kier molecular flexibility index (Phi) is 6.04. The average molecular weight is 450 g/mol. The summed E-state index contributed by atoms with van der Waals surface area (Å²) in [6, 6.07) is 20.1. The highest BCUT2D eigenvalue weighted by molar-refractivity contribution is 6.00. The summed E-state index contributed by atoms with van der Waals surface area (Å²) in [5, 5.41) is 0. The number of carbonyl (C=O) groups excluding carboxylic acids is 1. The van der Waals surface area contributed by atoms with Crippen LogP contribution in [-0.2, 0) is 0 Å². The van der Waals surface area contributed by atoms with Gasteiger partial charge in [-0.2, -0.15) is 0 Å². The van der Waals surface area contributed by atoms with Crippen LogP contribution < -0.4 is 4.90 Å². The molecule has 0 unspecified atom stereocenters. The van der Waals surface area contributed by atoms with Crippen LogP contribution >= 0.6 is 0 Å². The Morgan fingerprint density at radius 2 is 1.59 bits per heavy atom. The summed E-state index contributed by atoms with van der Waals surface area (Å²) < 4.78 is 0. The summed E-state index contributed by atoms with van der Waals surface area (Å²) in [5.74, 6) is 0.554. The molecule has 1 fully saturated rings. The van der Waals surface area contributed by atoms with E-state index in [1.165, 1.54) is 16.8 Å². The zero-order chi connectivity index (χ0) is 23.5. The molecule has 1 aliphatic rings. The summed E-state index contributed by atoms with van der Waals surface area (Å²) in [4.78, 5) is 31.3. The molecule has 0 radical (unpaired) electrons. The predicted octanol–water partition coefficient (Wildman–Crippen LogP) is 4.78. The van der Waals surface area contributed by atoms with Crippen molar-refractivity contribution in [2.24, 2.45) is 0 Å². The molecule has 1 saturated heterocycles. The second kappa shape index (κ2) is 9.43. The summed E-state index contributed by atoms with van der Waals surface area (Å²) in [6.07, 6.45) is 5.11. The molecule has 0 bridgehead atoms. The van der Waals surface area contributed by atoms with Crippen molar-refractivity contribution in [2.75, 3.05) is 31.1 Å². The Bertz CT molecular complexity index is 1300. The highest BCUT2D eigenvalue weighted by atomic mass is 16.2. The number of amides is 1. The van der Waals surface area contributed by atoms with Gasteiger partial charge in [0.1, 0.15) is 0 Å². The molecule has 1 aliphatic heterocycles. The van der Waals surface area contributed by atoms with Gasteiger partial charge in [-0.25, -0.2) is 9.97 Å². The SMILES string of the molecule is Cc1ccc(C)c(N2CCN(C(=O)c3cnc(-c4ccncc4)nc3-c3ccccc3)CC2)c1. The minimum Gasteiger partial charge on any atom is -0.368 e. The molecule has 0 spiro atoms. The first kappa shape index (κ1) is 21.8. The molecule has 1 amide bonds. The van der Waals surface area contributed by atoms with Crippen molar-refractivity contribution in [3.63, 3.8) is 0 Å². The van der Waals surface area contributed by atoms with Crippen LogP contribution in [0.25, 0.3) is 22.6 Å². The third kappa shape index (κ3) is 4.39. The predicted molar refractivity (Wildman–Crippen MR) is 135 cm³/mol. The number of carbonyl (C=O) groups is 1. The molecule has 3 heterocycles. The lowest BCUT2D eigenvalue weighted by molar-refractivity contribution is 0.0747. The molecule has 0 atom stereocenters. The van der Waals surface area contributed by atoms with Gasteiger partial charge in [-0.05, 0) is 43.2 Å². The Morgan fingerprint density at radius 3 is 2.32 bits per heavy atom. The number of benzene rings is 2. The largest absolute Gasteiger partial charge is 0.368 e. The van der Waals surface area contributed by atoms with Crippen LogP contribution in [0.15, 0.2) is 79.3 Å². The van der Waals surface area contributed by atoms with Gasteiger partial charge in [-0.1, -0.05) is 42.5 Å². The van der Waals surface area contributed by atoms with Crippen LogP contribution in [0.3, 0.4) is 0 Å². The standard InChI is InChI=1S/C28H27N5O/c1-20-8-9-21(2)25(18-20)32-14-16-33(17-15-32)28(34)24-19-30-27(23-10-12-29-13-11-23)31-26(24)22-6-4-3-5-7-22/h3-13,18-19H,14-17H2,1-2H3. The van der Waals surface area contributed by atoms with E-state index in [0.29, 0.717) is 30.2 Å². The zero-order valence-electron chi connectivity index (χ0n) is 19.5. The first-order valence-electron chi connectivity index (χ1n) is 11.5. The normalized spacial score (nSPS) is 13.7. The highest BCUT2D eigenvalue weighted by Crippen LogP contribution is 2.27. The number of piperazine rings is 1. The van der Waals surface area contributed by atoms with E-state index in [1.807, 2.05) is 47.4 Å². The van der Waals surface area contributed by atoms with Crippen molar-refractivity contribution in [2.45, 2.75) is 13.8 Å². The van der Waals surface area contributed by atoms with E-state index >= 15 is 0 Å². The van der Waals surface area contributed by atoms with Crippen molar-refractivity contribution < 1.29 is 4.79 Å². The molecule has 0 aliphatic carbocycles. The molecular formula is C28H27N5O. The lowest BCUT2D eigenvalue weighted by atomic mass is 10.0. The number of anilines is 1. The van der Waals surface area contributed by atoms with Gasteiger partial charge in [-0.15, -0.1) is 0 Å². The summed E-state index contributed by atoms with van der Waals surface area (Å²) in [7, 11) is 0. The second-order valence-corrected chi connectivity index (χ2v) is 8.63. The van der Waals surface area contributed by atoms with Gasteiger partial charge in [0.15, 0.2) is 5.82 Å². The summed E-state index contributed by atoms with van der Waals surface area (Å²) in [5.41, 5.74) is 6.72. The Hall–Kier alpha value is -4.06. The quantitative estimate of drug-likeness (QED) is 0.449. The van der Waals surface area contributed by atoms with E-state index in [1.54, 1.807) is 18.6 Å². The molecule has 6 heteroatoms. The number of rotatable bonds is 4. The fraction of sp³-hybridized carbons (Fsp3) is 0.214. The number of hydrogen-bond donors (Lipinski definition) is 0. The molecule has 170 valence electrons. The van der Waals surface area contributed by atoms with E-state index < -0.39 is 0 Å². The van der Waals surface area contributed by atoms with Crippen LogP contribution in [0.4, 0.5) is 5.69 Å². The molecule has 34 heavy (non-hydrogen) atoms. The van der Waals surface area contributed by atoms with Gasteiger partial charge in [0, 0.05) is 61.6 Å².